The van der Waals surface area contributed by atoms with Gasteiger partial charge in [-0.1, -0.05) is 50.1 Å². The van der Waals surface area contributed by atoms with Gasteiger partial charge >= 0.3 is 5.97 Å². The van der Waals surface area contributed by atoms with Crippen LogP contribution in [0.25, 0.3) is 6.08 Å². The van der Waals surface area contributed by atoms with Crippen LogP contribution in [0.4, 0.5) is 0 Å². The minimum absolute atomic E-state index is 0.325. The van der Waals surface area contributed by atoms with Crippen molar-refractivity contribution >= 4 is 43.9 Å². The van der Waals surface area contributed by atoms with E-state index in [1.165, 1.54) is 0 Å². The minimum Gasteiger partial charge on any atom is -0.490 e. The number of benzene rings is 2. The van der Waals surface area contributed by atoms with E-state index in [1.54, 1.807) is 6.92 Å². The molecule has 0 radical (unpaired) electrons. The first-order valence-corrected chi connectivity index (χ1v) is 10.7. The van der Waals surface area contributed by atoms with Crippen molar-refractivity contribution in [1.82, 2.24) is 0 Å². The quantitative estimate of drug-likeness (QED) is 0.377. The highest BCUT2D eigenvalue weighted by molar-refractivity contribution is 9.11. The van der Waals surface area contributed by atoms with Crippen LogP contribution in [0.2, 0.25) is 0 Å². The predicted octanol–water partition coefficient (Wildman–Crippen LogP) is 5.81. The Hall–Kier alpha value is -1.63. The van der Waals surface area contributed by atoms with E-state index in [0.29, 0.717) is 26.2 Å². The first kappa shape index (κ1) is 22.7. The van der Waals surface area contributed by atoms with Crippen LogP contribution in [0, 0.1) is 0 Å². The van der Waals surface area contributed by atoms with Gasteiger partial charge in [0.15, 0.2) is 6.10 Å². The molecule has 4 nitrogen and oxygen atoms in total. The lowest BCUT2D eigenvalue weighted by molar-refractivity contribution is -0.156. The molecule has 2 aromatic rings. The summed E-state index contributed by atoms with van der Waals surface area (Å²) in [6.07, 6.45) is 3.87. The van der Waals surface area contributed by atoms with Gasteiger partial charge in [-0.15, -0.1) is 0 Å². The van der Waals surface area contributed by atoms with E-state index in [1.807, 2.05) is 61.5 Å². The highest BCUT2D eigenvalue weighted by atomic mass is 79.9. The van der Waals surface area contributed by atoms with Crippen molar-refractivity contribution in [3.05, 3.63) is 68.6 Å². The molecule has 0 aliphatic heterocycles. The monoisotopic (exact) mass is 510 g/mol. The van der Waals surface area contributed by atoms with E-state index in [0.717, 1.165) is 25.8 Å². The fourth-order valence-electron chi connectivity index (χ4n) is 2.58. The third-order valence-electron chi connectivity index (χ3n) is 3.80. The van der Waals surface area contributed by atoms with Crippen LogP contribution in [0.3, 0.4) is 0 Å². The predicted molar refractivity (Wildman–Crippen MR) is 119 cm³/mol. The van der Waals surface area contributed by atoms with Crippen molar-refractivity contribution in [2.24, 2.45) is 0 Å². The molecule has 28 heavy (non-hydrogen) atoms. The van der Waals surface area contributed by atoms with Crippen LogP contribution in [0.1, 0.15) is 25.0 Å². The maximum atomic E-state index is 12.0. The maximum absolute atomic E-state index is 12.0. The molecule has 0 aliphatic rings. The summed E-state index contributed by atoms with van der Waals surface area (Å²) >= 11 is 6.95. The molecule has 0 saturated heterocycles. The number of carbonyl (C=O) groups is 1. The molecule has 0 heterocycles. The molecule has 0 amide bonds. The number of rotatable bonds is 10. The summed E-state index contributed by atoms with van der Waals surface area (Å²) in [5.74, 6) is 0.446. The van der Waals surface area contributed by atoms with Crippen LogP contribution in [-0.4, -0.2) is 31.9 Å². The average molecular weight is 512 g/mol. The fourth-order valence-corrected chi connectivity index (χ4v) is 3.91. The fraction of sp³-hybridized carbons (Fsp3) is 0.318. The molecule has 0 bridgehead atoms. The maximum Gasteiger partial charge on any atom is 0.335 e. The van der Waals surface area contributed by atoms with Crippen LogP contribution in [0.5, 0.6) is 5.75 Å². The molecule has 0 spiro atoms. The Balaban J connectivity index is 1.87. The van der Waals surface area contributed by atoms with Crippen molar-refractivity contribution in [3.8, 4) is 5.75 Å². The Bertz CT molecular complexity index is 767. The van der Waals surface area contributed by atoms with Crippen molar-refractivity contribution in [2.75, 3.05) is 19.8 Å². The Morgan fingerprint density at radius 1 is 1.04 bits per heavy atom. The van der Waals surface area contributed by atoms with Gasteiger partial charge in [0.2, 0.25) is 0 Å². The highest BCUT2D eigenvalue weighted by Gasteiger charge is 2.20. The smallest absolute Gasteiger partial charge is 0.335 e. The molecular weight excluding hydrogens is 488 g/mol. The lowest BCUT2D eigenvalue weighted by Crippen LogP contribution is -2.28. The van der Waals surface area contributed by atoms with Gasteiger partial charge in [0.25, 0.3) is 0 Å². The van der Waals surface area contributed by atoms with Crippen LogP contribution in [-0.2, 0) is 20.7 Å². The van der Waals surface area contributed by atoms with E-state index in [4.69, 9.17) is 14.2 Å². The zero-order chi connectivity index (χ0) is 20.4. The molecular formula is C22H24Br2O4. The van der Waals surface area contributed by atoms with Crippen LogP contribution < -0.4 is 4.74 Å². The Morgan fingerprint density at radius 2 is 1.71 bits per heavy atom. The topological polar surface area (TPSA) is 44.8 Å². The molecule has 2 aromatic carbocycles. The molecule has 1 atom stereocenters. The second-order valence-electron chi connectivity index (χ2n) is 5.96. The summed E-state index contributed by atoms with van der Waals surface area (Å²) in [4.78, 5) is 12.0. The lowest BCUT2D eigenvalue weighted by Gasteiger charge is -2.15. The molecule has 0 saturated carbocycles. The van der Waals surface area contributed by atoms with E-state index in [-0.39, 0.29) is 5.97 Å². The van der Waals surface area contributed by atoms with Gasteiger partial charge < -0.3 is 14.2 Å². The molecule has 0 N–H and O–H groups in total. The van der Waals surface area contributed by atoms with E-state index in [2.05, 4.69) is 31.9 Å². The highest BCUT2D eigenvalue weighted by Crippen LogP contribution is 2.21. The van der Waals surface area contributed by atoms with Gasteiger partial charge in [-0.05, 0) is 61.4 Å². The standard InChI is InChI=1S/C22H24Br2O4/c1-3-26-21(22(25)27-4-2)14-16-7-9-20(10-8-16)28-11-5-6-17-12-18(23)15-19(24)13-17/h5-10,12-13,15,21H,3-4,11,14H2,1-2H3/b6-5+/t21-/m0/s1. The zero-order valence-electron chi connectivity index (χ0n) is 16.0. The van der Waals surface area contributed by atoms with Gasteiger partial charge in [-0.2, -0.15) is 0 Å². The Kier molecular flexibility index (Phi) is 9.75. The van der Waals surface area contributed by atoms with Crippen molar-refractivity contribution < 1.29 is 19.0 Å². The van der Waals surface area contributed by atoms with Crippen molar-refractivity contribution in [2.45, 2.75) is 26.4 Å². The van der Waals surface area contributed by atoms with Gasteiger partial charge in [0.1, 0.15) is 12.4 Å². The number of ether oxygens (including phenoxy) is 3. The van der Waals surface area contributed by atoms with E-state index >= 15 is 0 Å². The molecule has 0 fully saturated rings. The number of halogens is 2. The molecule has 2 rings (SSSR count). The molecule has 6 heteroatoms. The summed E-state index contributed by atoms with van der Waals surface area (Å²) in [6, 6.07) is 13.7. The largest absolute Gasteiger partial charge is 0.490 e. The summed E-state index contributed by atoms with van der Waals surface area (Å²) in [5, 5.41) is 0. The van der Waals surface area contributed by atoms with Crippen molar-refractivity contribution in [3.63, 3.8) is 0 Å². The molecule has 0 aliphatic carbocycles. The van der Waals surface area contributed by atoms with Crippen LogP contribution in [0.15, 0.2) is 57.5 Å². The first-order chi connectivity index (χ1) is 13.5. The minimum atomic E-state index is -0.579. The zero-order valence-corrected chi connectivity index (χ0v) is 19.2. The normalized spacial score (nSPS) is 12.1. The van der Waals surface area contributed by atoms with Gasteiger partial charge in [0, 0.05) is 22.0 Å². The first-order valence-electron chi connectivity index (χ1n) is 9.14. The molecule has 0 aromatic heterocycles. The summed E-state index contributed by atoms with van der Waals surface area (Å²) in [5.41, 5.74) is 2.08. The van der Waals surface area contributed by atoms with Gasteiger partial charge in [-0.25, -0.2) is 4.79 Å². The number of carbonyl (C=O) groups excluding carboxylic acids is 1. The SMILES string of the molecule is CCOC(=O)[C@H](Cc1ccc(OC/C=C/c2cc(Br)cc(Br)c2)cc1)OCC. The number of esters is 1. The summed E-state index contributed by atoms with van der Waals surface area (Å²) < 4.78 is 18.4. The average Bonchev–Trinajstić information content (AvgIpc) is 2.65. The van der Waals surface area contributed by atoms with E-state index in [9.17, 15) is 4.79 Å². The third-order valence-corrected chi connectivity index (χ3v) is 4.72. The van der Waals surface area contributed by atoms with Crippen LogP contribution >= 0.6 is 31.9 Å². The second kappa shape index (κ2) is 12.0. The number of hydrogen-bond acceptors (Lipinski definition) is 4. The van der Waals surface area contributed by atoms with Crippen molar-refractivity contribution in [1.29, 1.82) is 0 Å². The summed E-state index contributed by atoms with van der Waals surface area (Å²) in [7, 11) is 0. The second-order valence-corrected chi connectivity index (χ2v) is 7.79. The Labute approximate surface area is 183 Å². The van der Waals surface area contributed by atoms with Gasteiger partial charge in [0.05, 0.1) is 6.61 Å². The number of hydrogen-bond donors (Lipinski definition) is 0. The van der Waals surface area contributed by atoms with Gasteiger partial charge in [-0.3, -0.25) is 0 Å². The summed E-state index contributed by atoms with van der Waals surface area (Å²) in [6.45, 7) is 4.93. The lowest BCUT2D eigenvalue weighted by atomic mass is 10.1. The molecule has 0 unspecified atom stereocenters. The molecule has 150 valence electrons. The Morgan fingerprint density at radius 3 is 2.32 bits per heavy atom. The van der Waals surface area contributed by atoms with E-state index < -0.39 is 6.10 Å². The third kappa shape index (κ3) is 7.78.